The summed E-state index contributed by atoms with van der Waals surface area (Å²) >= 11 is 0. The monoisotopic (exact) mass is 476 g/mol. The first-order valence-electron chi connectivity index (χ1n) is 9.87. The normalized spacial score (nSPS) is 12.3. The Hall–Kier alpha value is -1.05. The number of nitrogens with one attached hydrogen (secondary N) is 2. The molecular weight excluding hydrogens is 439 g/mol. The van der Waals surface area contributed by atoms with Crippen LogP contribution in [0, 0.1) is 0 Å². The molecule has 0 saturated heterocycles. The van der Waals surface area contributed by atoms with Crippen molar-refractivity contribution in [3.63, 3.8) is 0 Å². The molecule has 0 saturated carbocycles. The van der Waals surface area contributed by atoms with Crippen molar-refractivity contribution < 1.29 is 0 Å². The molecule has 0 fully saturated rings. The molecule has 2 N–H and O–H groups in total. The van der Waals surface area contributed by atoms with Crippen LogP contribution in [0.4, 0.5) is 0 Å². The Bertz CT molecular complexity index is 545. The van der Waals surface area contributed by atoms with Gasteiger partial charge >= 0.3 is 0 Å². The predicted molar refractivity (Wildman–Crippen MR) is 123 cm³/mol. The second-order valence-corrected chi connectivity index (χ2v) is 6.59. The summed E-state index contributed by atoms with van der Waals surface area (Å²) in [6.07, 6.45) is 10.1. The van der Waals surface area contributed by atoms with E-state index in [-0.39, 0.29) is 29.5 Å². The van der Waals surface area contributed by atoms with Crippen molar-refractivity contribution in [3.8, 4) is 0 Å². The van der Waals surface area contributed by atoms with Crippen molar-refractivity contribution >= 4 is 29.9 Å². The Morgan fingerprint density at radius 2 is 1.96 bits per heavy atom. The van der Waals surface area contributed by atoms with Crippen LogP contribution >= 0.6 is 24.0 Å². The number of guanidine groups is 1. The first-order chi connectivity index (χ1) is 12.2. The van der Waals surface area contributed by atoms with Crippen LogP contribution in [0.25, 0.3) is 0 Å². The van der Waals surface area contributed by atoms with E-state index in [1.807, 2.05) is 12.3 Å². The lowest BCUT2D eigenvalue weighted by Crippen LogP contribution is -2.42. The van der Waals surface area contributed by atoms with Crippen molar-refractivity contribution in [2.24, 2.45) is 4.99 Å². The Morgan fingerprint density at radius 1 is 1.15 bits per heavy atom. The number of pyridine rings is 1. The fourth-order valence-corrected chi connectivity index (χ4v) is 2.73. The van der Waals surface area contributed by atoms with E-state index in [2.05, 4.69) is 36.4 Å². The summed E-state index contributed by atoms with van der Waals surface area (Å²) in [6.45, 7) is 8.96. The largest absolute Gasteiger partial charge is 0.357 e. The van der Waals surface area contributed by atoms with Crippen LogP contribution in [0.5, 0.6) is 0 Å². The number of aryl methyl sites for hydroxylation is 1. The smallest absolute Gasteiger partial charge is 0.250 e. The molecule has 1 rings (SSSR count). The molecule has 0 amide bonds. The predicted octanol–water partition coefficient (Wildman–Crippen LogP) is 4.16. The lowest BCUT2D eigenvalue weighted by atomic mass is 10.1. The van der Waals surface area contributed by atoms with Gasteiger partial charge in [-0.15, -0.1) is 24.0 Å². The van der Waals surface area contributed by atoms with Crippen LogP contribution in [0.3, 0.4) is 0 Å². The summed E-state index contributed by atoms with van der Waals surface area (Å²) in [6, 6.07) is 5.72. The second kappa shape index (κ2) is 16.1. The van der Waals surface area contributed by atoms with E-state index in [9.17, 15) is 4.79 Å². The molecule has 0 aliphatic rings. The van der Waals surface area contributed by atoms with E-state index in [0.29, 0.717) is 6.04 Å². The van der Waals surface area contributed by atoms with Gasteiger partial charge in [-0.1, -0.05) is 38.7 Å². The molecule has 1 aromatic rings. The van der Waals surface area contributed by atoms with Gasteiger partial charge < -0.3 is 15.2 Å². The number of rotatable bonds is 12. The Balaban J connectivity index is 0.00000625. The highest BCUT2D eigenvalue weighted by Crippen LogP contribution is 2.05. The third-order valence-electron chi connectivity index (χ3n) is 4.19. The van der Waals surface area contributed by atoms with Gasteiger partial charge in [-0.2, -0.15) is 0 Å². The van der Waals surface area contributed by atoms with E-state index in [1.165, 1.54) is 32.1 Å². The number of halogens is 1. The van der Waals surface area contributed by atoms with Gasteiger partial charge in [0.25, 0.3) is 0 Å². The Morgan fingerprint density at radius 3 is 2.65 bits per heavy atom. The summed E-state index contributed by atoms with van der Waals surface area (Å²) in [4.78, 5) is 16.3. The summed E-state index contributed by atoms with van der Waals surface area (Å²) in [5.74, 6) is 0.905. The van der Waals surface area contributed by atoms with Gasteiger partial charge in [0.05, 0.1) is 0 Å². The van der Waals surface area contributed by atoms with E-state index < -0.39 is 0 Å². The maximum atomic E-state index is 11.6. The van der Waals surface area contributed by atoms with E-state index in [1.54, 1.807) is 16.7 Å². The van der Waals surface area contributed by atoms with E-state index >= 15 is 0 Å². The van der Waals surface area contributed by atoms with Crippen LogP contribution < -0.4 is 16.2 Å². The number of aliphatic imine (C=N–C) groups is 1. The Kier molecular flexibility index (Phi) is 15.5. The SMILES string of the molecule is CCCCCCC(C)NC(=NCCCCn1ccccc1=O)NCC.I. The Labute approximate surface area is 176 Å². The molecule has 1 heterocycles. The maximum absolute atomic E-state index is 11.6. The van der Waals surface area contributed by atoms with Crippen molar-refractivity contribution in [1.82, 2.24) is 15.2 Å². The molecular formula is C20H37IN4O. The molecule has 0 spiro atoms. The first-order valence-corrected chi connectivity index (χ1v) is 9.87. The molecule has 0 aliphatic heterocycles. The second-order valence-electron chi connectivity index (χ2n) is 6.59. The van der Waals surface area contributed by atoms with Crippen molar-refractivity contribution in [3.05, 3.63) is 34.7 Å². The van der Waals surface area contributed by atoms with Gasteiger partial charge in [-0.25, -0.2) is 0 Å². The average molecular weight is 476 g/mol. The topological polar surface area (TPSA) is 58.4 Å². The van der Waals surface area contributed by atoms with Crippen molar-refractivity contribution in [2.45, 2.75) is 78.3 Å². The standard InChI is InChI=1S/C20H36N4O.HI/c1-4-6-7-8-13-18(3)23-20(21-5-2)22-15-10-12-17-24-16-11-9-14-19(24)25;/h9,11,14,16,18H,4-8,10,12-13,15,17H2,1-3H3,(H2,21,22,23);1H. The molecule has 1 aromatic heterocycles. The van der Waals surface area contributed by atoms with Gasteiger partial charge in [0.2, 0.25) is 5.56 Å². The minimum absolute atomic E-state index is 0. The van der Waals surface area contributed by atoms with E-state index in [4.69, 9.17) is 0 Å². The highest BCUT2D eigenvalue weighted by molar-refractivity contribution is 14.0. The molecule has 0 radical (unpaired) electrons. The van der Waals surface area contributed by atoms with Gasteiger partial charge in [-0.05, 0) is 39.2 Å². The van der Waals surface area contributed by atoms with Crippen LogP contribution in [0.1, 0.15) is 65.7 Å². The molecule has 5 nitrogen and oxygen atoms in total. The maximum Gasteiger partial charge on any atom is 0.250 e. The summed E-state index contributed by atoms with van der Waals surface area (Å²) in [7, 11) is 0. The highest BCUT2D eigenvalue weighted by Gasteiger charge is 2.04. The third-order valence-corrected chi connectivity index (χ3v) is 4.19. The zero-order valence-corrected chi connectivity index (χ0v) is 19.0. The average Bonchev–Trinajstić information content (AvgIpc) is 2.60. The molecule has 6 heteroatoms. The van der Waals surface area contributed by atoms with Crippen LogP contribution in [0.15, 0.2) is 34.2 Å². The molecule has 1 unspecified atom stereocenters. The molecule has 150 valence electrons. The first kappa shape index (κ1) is 24.9. The molecule has 0 bridgehead atoms. The summed E-state index contributed by atoms with van der Waals surface area (Å²) in [5, 5.41) is 6.81. The lowest BCUT2D eigenvalue weighted by Gasteiger charge is -2.17. The molecule has 1 atom stereocenters. The quantitative estimate of drug-likeness (QED) is 0.206. The zero-order chi connectivity index (χ0) is 18.3. The fraction of sp³-hybridized carbons (Fsp3) is 0.700. The van der Waals surface area contributed by atoms with Gasteiger partial charge in [-0.3, -0.25) is 9.79 Å². The molecule has 0 aromatic carbocycles. The summed E-state index contributed by atoms with van der Waals surface area (Å²) in [5.41, 5.74) is 0.0675. The van der Waals surface area contributed by atoms with Gasteiger partial charge in [0.1, 0.15) is 0 Å². The number of aromatic nitrogens is 1. The van der Waals surface area contributed by atoms with Crippen molar-refractivity contribution in [1.29, 1.82) is 0 Å². The fourth-order valence-electron chi connectivity index (χ4n) is 2.73. The highest BCUT2D eigenvalue weighted by atomic mass is 127. The van der Waals surface area contributed by atoms with Gasteiger partial charge in [0.15, 0.2) is 5.96 Å². The van der Waals surface area contributed by atoms with Crippen LogP contribution in [0.2, 0.25) is 0 Å². The number of hydrogen-bond donors (Lipinski definition) is 2. The number of nitrogens with zero attached hydrogens (tertiary/aromatic N) is 2. The number of hydrogen-bond acceptors (Lipinski definition) is 2. The zero-order valence-electron chi connectivity index (χ0n) is 16.7. The van der Waals surface area contributed by atoms with E-state index in [0.717, 1.165) is 38.4 Å². The molecule has 0 aliphatic carbocycles. The third kappa shape index (κ3) is 11.5. The van der Waals surface area contributed by atoms with Crippen LogP contribution in [-0.4, -0.2) is 29.7 Å². The van der Waals surface area contributed by atoms with Crippen LogP contribution in [-0.2, 0) is 6.54 Å². The minimum atomic E-state index is 0. The lowest BCUT2D eigenvalue weighted by molar-refractivity contribution is 0.536. The van der Waals surface area contributed by atoms with Crippen molar-refractivity contribution in [2.75, 3.05) is 13.1 Å². The minimum Gasteiger partial charge on any atom is -0.357 e. The molecule has 26 heavy (non-hydrogen) atoms. The van der Waals surface area contributed by atoms with Gasteiger partial charge in [0, 0.05) is 37.9 Å². The number of unbranched alkanes of at least 4 members (excludes halogenated alkanes) is 4. The summed E-state index contributed by atoms with van der Waals surface area (Å²) < 4.78 is 1.76.